The van der Waals surface area contributed by atoms with E-state index in [4.69, 9.17) is 0 Å². The number of aliphatic hydroxyl groups excluding tert-OH is 1. The van der Waals surface area contributed by atoms with Gasteiger partial charge in [0, 0.05) is 24.4 Å². The number of ketones is 1. The number of rotatable bonds is 2. The molecular formula is C15H13N3O2. The molecule has 0 aliphatic heterocycles. The number of Topliss-reactive ketones (excluding diaryl/α,β-unsaturated/α-hetero) is 1. The molecular weight excluding hydrogens is 254 g/mol. The summed E-state index contributed by atoms with van der Waals surface area (Å²) in [5.41, 5.74) is 1.38. The Balaban J connectivity index is 2.01. The molecule has 0 atom stereocenters. The molecule has 1 aliphatic rings. The van der Waals surface area contributed by atoms with Gasteiger partial charge in [0.2, 0.25) is 0 Å². The Hall–Kier alpha value is -2.56. The Morgan fingerprint density at radius 3 is 2.80 bits per heavy atom. The number of pyridine rings is 1. The monoisotopic (exact) mass is 267 g/mol. The number of fused-ring (bicyclic) bond motifs is 1. The van der Waals surface area contributed by atoms with E-state index >= 15 is 0 Å². The van der Waals surface area contributed by atoms with Gasteiger partial charge in [0.1, 0.15) is 11.4 Å². The number of hydrogen-bond donors (Lipinski definition) is 1. The van der Waals surface area contributed by atoms with Crippen LogP contribution in [0, 0.1) is 0 Å². The van der Waals surface area contributed by atoms with Crippen molar-refractivity contribution in [3.8, 4) is 0 Å². The lowest BCUT2D eigenvalue weighted by Gasteiger charge is -2.10. The van der Waals surface area contributed by atoms with Crippen LogP contribution in [0.4, 0.5) is 5.69 Å². The van der Waals surface area contributed by atoms with Crippen LogP contribution in [-0.4, -0.2) is 15.9 Å². The lowest BCUT2D eigenvalue weighted by Crippen LogP contribution is -2.09. The van der Waals surface area contributed by atoms with E-state index in [1.54, 1.807) is 12.3 Å². The molecule has 3 rings (SSSR count). The molecule has 0 spiro atoms. The maximum absolute atomic E-state index is 11.7. The first-order chi connectivity index (χ1) is 9.75. The summed E-state index contributed by atoms with van der Waals surface area (Å²) in [4.78, 5) is 16.0. The van der Waals surface area contributed by atoms with Crippen molar-refractivity contribution in [2.45, 2.75) is 19.3 Å². The summed E-state index contributed by atoms with van der Waals surface area (Å²) in [6.07, 6.45) is 3.24. The molecule has 1 aromatic carbocycles. The van der Waals surface area contributed by atoms with Crippen LogP contribution >= 0.6 is 0 Å². The summed E-state index contributed by atoms with van der Waals surface area (Å²) >= 11 is 0. The maximum atomic E-state index is 11.7. The highest BCUT2D eigenvalue weighted by molar-refractivity contribution is 5.96. The zero-order chi connectivity index (χ0) is 13.9. The van der Waals surface area contributed by atoms with Crippen LogP contribution in [0.2, 0.25) is 0 Å². The number of azo groups is 1. The minimum absolute atomic E-state index is 0.0261. The number of carbonyl (C=O) groups excluding carboxylic acids is 1. The Labute approximate surface area is 115 Å². The van der Waals surface area contributed by atoms with E-state index in [1.807, 2.05) is 24.3 Å². The van der Waals surface area contributed by atoms with Crippen molar-refractivity contribution < 1.29 is 9.90 Å². The largest absolute Gasteiger partial charge is 0.510 e. The van der Waals surface area contributed by atoms with Crippen molar-refractivity contribution in [1.82, 2.24) is 4.98 Å². The Kier molecular flexibility index (Phi) is 3.25. The van der Waals surface area contributed by atoms with Crippen molar-refractivity contribution in [2.75, 3.05) is 0 Å². The predicted octanol–water partition coefficient (Wildman–Crippen LogP) is 3.84. The van der Waals surface area contributed by atoms with Crippen LogP contribution in [0.5, 0.6) is 0 Å². The van der Waals surface area contributed by atoms with Gasteiger partial charge in [-0.05, 0) is 18.6 Å². The first kappa shape index (κ1) is 12.5. The van der Waals surface area contributed by atoms with Gasteiger partial charge < -0.3 is 5.11 Å². The molecule has 5 heteroatoms. The third kappa shape index (κ3) is 2.30. The minimum Gasteiger partial charge on any atom is -0.510 e. The molecule has 0 unspecified atom stereocenters. The SMILES string of the molecule is O=C1CCCC(O)=C1N=Nc1cccc2cccnc12. The average Bonchev–Trinajstić information content (AvgIpc) is 2.47. The fraction of sp³-hybridized carbons (Fsp3) is 0.200. The van der Waals surface area contributed by atoms with Gasteiger partial charge in [-0.1, -0.05) is 18.2 Å². The highest BCUT2D eigenvalue weighted by atomic mass is 16.3. The van der Waals surface area contributed by atoms with Crippen LogP contribution in [-0.2, 0) is 4.79 Å². The van der Waals surface area contributed by atoms with Crippen molar-refractivity contribution in [3.63, 3.8) is 0 Å². The Morgan fingerprint density at radius 2 is 1.95 bits per heavy atom. The van der Waals surface area contributed by atoms with Crippen molar-refractivity contribution in [3.05, 3.63) is 48.0 Å². The van der Waals surface area contributed by atoms with Gasteiger partial charge in [0.15, 0.2) is 11.5 Å². The summed E-state index contributed by atoms with van der Waals surface area (Å²) in [5, 5.41) is 18.7. The van der Waals surface area contributed by atoms with E-state index in [1.165, 1.54) is 0 Å². The van der Waals surface area contributed by atoms with Gasteiger partial charge in [-0.15, -0.1) is 10.2 Å². The van der Waals surface area contributed by atoms with Gasteiger partial charge >= 0.3 is 0 Å². The van der Waals surface area contributed by atoms with Crippen LogP contribution < -0.4 is 0 Å². The molecule has 100 valence electrons. The number of benzene rings is 1. The van der Waals surface area contributed by atoms with Crippen LogP contribution in [0.15, 0.2) is 58.2 Å². The molecule has 20 heavy (non-hydrogen) atoms. The number of nitrogens with zero attached hydrogens (tertiary/aromatic N) is 3. The zero-order valence-electron chi connectivity index (χ0n) is 10.8. The van der Waals surface area contributed by atoms with E-state index in [0.29, 0.717) is 24.9 Å². The van der Waals surface area contributed by atoms with Crippen LogP contribution in [0.3, 0.4) is 0 Å². The van der Waals surface area contributed by atoms with Crippen LogP contribution in [0.25, 0.3) is 10.9 Å². The fourth-order valence-corrected chi connectivity index (χ4v) is 2.20. The number of allylic oxidation sites excluding steroid dienone is 2. The zero-order valence-corrected chi connectivity index (χ0v) is 10.8. The average molecular weight is 267 g/mol. The topological polar surface area (TPSA) is 74.9 Å². The molecule has 0 radical (unpaired) electrons. The number of aromatic nitrogens is 1. The van der Waals surface area contributed by atoms with Crippen LogP contribution in [0.1, 0.15) is 19.3 Å². The van der Waals surface area contributed by atoms with E-state index in [-0.39, 0.29) is 17.2 Å². The number of hydrogen-bond acceptors (Lipinski definition) is 5. The first-order valence-electron chi connectivity index (χ1n) is 6.46. The second kappa shape index (κ2) is 5.21. The molecule has 0 saturated heterocycles. The Bertz CT molecular complexity index is 729. The first-order valence-corrected chi connectivity index (χ1v) is 6.46. The van der Waals surface area contributed by atoms with E-state index in [9.17, 15) is 9.90 Å². The number of para-hydroxylation sites is 1. The molecule has 0 amide bonds. The predicted molar refractivity (Wildman–Crippen MR) is 74.8 cm³/mol. The second-order valence-corrected chi connectivity index (χ2v) is 4.62. The summed E-state index contributed by atoms with van der Waals surface area (Å²) < 4.78 is 0. The molecule has 1 aliphatic carbocycles. The maximum Gasteiger partial charge on any atom is 0.186 e. The minimum atomic E-state index is -0.161. The third-order valence-electron chi connectivity index (χ3n) is 3.22. The molecule has 0 saturated carbocycles. The smallest absolute Gasteiger partial charge is 0.186 e. The second-order valence-electron chi connectivity index (χ2n) is 4.62. The van der Waals surface area contributed by atoms with Crippen molar-refractivity contribution >= 4 is 22.4 Å². The molecule has 1 aromatic heterocycles. The lowest BCUT2D eigenvalue weighted by molar-refractivity contribution is -0.116. The number of carbonyl (C=O) groups is 1. The number of aliphatic hydroxyl groups is 1. The molecule has 2 aromatic rings. The highest BCUT2D eigenvalue weighted by Gasteiger charge is 2.20. The quantitative estimate of drug-likeness (QED) is 0.840. The lowest BCUT2D eigenvalue weighted by atomic mass is 10.0. The van der Waals surface area contributed by atoms with Crippen molar-refractivity contribution in [2.24, 2.45) is 10.2 Å². The normalized spacial score (nSPS) is 16.3. The third-order valence-corrected chi connectivity index (χ3v) is 3.22. The summed E-state index contributed by atoms with van der Waals surface area (Å²) in [6, 6.07) is 9.36. The van der Waals surface area contributed by atoms with E-state index in [0.717, 1.165) is 10.9 Å². The summed E-state index contributed by atoms with van der Waals surface area (Å²) in [5.74, 6) is -0.135. The molecule has 1 heterocycles. The van der Waals surface area contributed by atoms with Crippen molar-refractivity contribution in [1.29, 1.82) is 0 Å². The van der Waals surface area contributed by atoms with Gasteiger partial charge in [0.05, 0.1) is 5.52 Å². The highest BCUT2D eigenvalue weighted by Crippen LogP contribution is 2.26. The van der Waals surface area contributed by atoms with Gasteiger partial charge in [-0.2, -0.15) is 0 Å². The van der Waals surface area contributed by atoms with Gasteiger partial charge in [-0.25, -0.2) is 0 Å². The van der Waals surface area contributed by atoms with Gasteiger partial charge in [-0.3, -0.25) is 9.78 Å². The van der Waals surface area contributed by atoms with E-state index < -0.39 is 0 Å². The fourth-order valence-electron chi connectivity index (χ4n) is 2.20. The molecule has 0 fully saturated rings. The molecule has 5 nitrogen and oxygen atoms in total. The van der Waals surface area contributed by atoms with Gasteiger partial charge in [0.25, 0.3) is 0 Å². The standard InChI is InChI=1S/C15H13N3O2/c19-12-7-2-8-13(20)15(12)18-17-11-6-1-4-10-5-3-9-16-14(10)11/h1,3-6,9,19H,2,7-8H2. The molecule has 1 N–H and O–H groups in total. The summed E-state index contributed by atoms with van der Waals surface area (Å²) in [7, 11) is 0. The Morgan fingerprint density at radius 1 is 1.10 bits per heavy atom. The summed E-state index contributed by atoms with van der Waals surface area (Å²) in [6.45, 7) is 0. The molecule has 0 bridgehead atoms. The van der Waals surface area contributed by atoms with E-state index in [2.05, 4.69) is 15.2 Å².